The van der Waals surface area contributed by atoms with E-state index in [4.69, 9.17) is 5.11 Å². The fraction of sp³-hybridized carbons (Fsp3) is 0.294. The summed E-state index contributed by atoms with van der Waals surface area (Å²) < 4.78 is 37.8. The van der Waals surface area contributed by atoms with Crippen LogP contribution < -0.4 is 4.90 Å². The van der Waals surface area contributed by atoms with E-state index in [0.29, 0.717) is 29.2 Å². The van der Waals surface area contributed by atoms with Crippen LogP contribution in [0.25, 0.3) is 0 Å². The van der Waals surface area contributed by atoms with Crippen molar-refractivity contribution in [2.75, 3.05) is 18.0 Å². The van der Waals surface area contributed by atoms with Gasteiger partial charge in [0.2, 0.25) is 0 Å². The van der Waals surface area contributed by atoms with Gasteiger partial charge in [-0.1, -0.05) is 12.1 Å². The molecule has 1 saturated heterocycles. The Morgan fingerprint density at radius 3 is 2.42 bits per heavy atom. The molecule has 1 fully saturated rings. The van der Waals surface area contributed by atoms with E-state index in [-0.39, 0.29) is 17.5 Å². The molecule has 3 rings (SSSR count). The molecular formula is C17H15F3N2O3S. The van der Waals surface area contributed by atoms with Gasteiger partial charge in [-0.05, 0) is 36.2 Å². The van der Waals surface area contributed by atoms with Gasteiger partial charge in [-0.25, -0.2) is 9.59 Å². The summed E-state index contributed by atoms with van der Waals surface area (Å²) in [6.07, 6.45) is -4.39. The van der Waals surface area contributed by atoms with Gasteiger partial charge in [0.25, 0.3) is 0 Å². The Kier molecular flexibility index (Phi) is 4.66. The monoisotopic (exact) mass is 384 g/mol. The lowest BCUT2D eigenvalue weighted by Gasteiger charge is -2.18. The minimum absolute atomic E-state index is 0.189. The molecule has 0 aliphatic carbocycles. The quantitative estimate of drug-likeness (QED) is 0.859. The fourth-order valence-corrected chi connectivity index (χ4v) is 3.80. The Morgan fingerprint density at radius 1 is 1.23 bits per heavy atom. The van der Waals surface area contributed by atoms with Crippen molar-refractivity contribution in [3.8, 4) is 0 Å². The SMILES string of the molecule is Cc1cc(N2CCN(Cc3ccc(C(F)(F)F)cc3)C2=O)sc1C(=O)O. The molecule has 0 bridgehead atoms. The van der Waals surface area contributed by atoms with Crippen LogP contribution in [0.2, 0.25) is 0 Å². The molecule has 5 nitrogen and oxygen atoms in total. The van der Waals surface area contributed by atoms with E-state index in [1.807, 2.05) is 0 Å². The Labute approximate surface area is 151 Å². The lowest BCUT2D eigenvalue weighted by Crippen LogP contribution is -2.31. The van der Waals surface area contributed by atoms with Crippen molar-refractivity contribution in [1.29, 1.82) is 0 Å². The van der Waals surface area contributed by atoms with Crippen molar-refractivity contribution in [2.24, 2.45) is 0 Å². The van der Waals surface area contributed by atoms with Crippen molar-refractivity contribution >= 4 is 28.3 Å². The fourth-order valence-electron chi connectivity index (χ4n) is 2.76. The van der Waals surface area contributed by atoms with Gasteiger partial charge in [0.15, 0.2) is 0 Å². The molecular weight excluding hydrogens is 369 g/mol. The molecule has 0 atom stereocenters. The van der Waals surface area contributed by atoms with E-state index in [1.54, 1.807) is 13.0 Å². The zero-order chi connectivity index (χ0) is 19.1. The van der Waals surface area contributed by atoms with Crippen LogP contribution in [-0.2, 0) is 12.7 Å². The molecule has 1 aliphatic heterocycles. The summed E-state index contributed by atoms with van der Waals surface area (Å²) in [5, 5.41) is 9.69. The number of nitrogens with zero attached hydrogens (tertiary/aromatic N) is 2. The van der Waals surface area contributed by atoms with E-state index in [9.17, 15) is 22.8 Å². The van der Waals surface area contributed by atoms with Gasteiger partial charge in [-0.15, -0.1) is 11.3 Å². The van der Waals surface area contributed by atoms with Crippen LogP contribution in [0, 0.1) is 6.92 Å². The van der Waals surface area contributed by atoms with E-state index in [0.717, 1.165) is 23.5 Å². The molecule has 26 heavy (non-hydrogen) atoms. The highest BCUT2D eigenvalue weighted by atomic mass is 32.1. The predicted molar refractivity (Wildman–Crippen MR) is 90.6 cm³/mol. The van der Waals surface area contributed by atoms with Crippen LogP contribution in [0.3, 0.4) is 0 Å². The second-order valence-corrected chi connectivity index (χ2v) is 6.98. The Balaban J connectivity index is 1.71. The summed E-state index contributed by atoms with van der Waals surface area (Å²) in [7, 11) is 0. The molecule has 1 aromatic heterocycles. The number of anilines is 1. The molecule has 0 saturated carbocycles. The summed E-state index contributed by atoms with van der Waals surface area (Å²) in [4.78, 5) is 26.9. The smallest absolute Gasteiger partial charge is 0.416 e. The number of carboxylic acids is 1. The number of aryl methyl sites for hydroxylation is 1. The molecule has 1 aromatic carbocycles. The number of rotatable bonds is 4. The molecule has 1 N–H and O–H groups in total. The molecule has 1 aliphatic rings. The number of carbonyl (C=O) groups excluding carboxylic acids is 1. The standard InChI is InChI=1S/C17H15F3N2O3S/c1-10-8-13(26-14(10)15(23)24)22-7-6-21(16(22)25)9-11-2-4-12(5-3-11)17(18,19)20/h2-5,8H,6-7,9H2,1H3,(H,23,24). The number of hydrogen-bond donors (Lipinski definition) is 1. The number of thiophene rings is 1. The highest BCUT2D eigenvalue weighted by molar-refractivity contribution is 7.18. The lowest BCUT2D eigenvalue weighted by atomic mass is 10.1. The van der Waals surface area contributed by atoms with Gasteiger partial charge in [-0.3, -0.25) is 4.90 Å². The molecule has 0 spiro atoms. The van der Waals surface area contributed by atoms with Crippen LogP contribution in [-0.4, -0.2) is 35.1 Å². The maximum absolute atomic E-state index is 12.6. The third-order valence-corrected chi connectivity index (χ3v) is 5.36. The van der Waals surface area contributed by atoms with Crippen LogP contribution in [0.1, 0.15) is 26.4 Å². The van der Waals surface area contributed by atoms with Gasteiger partial charge in [0, 0.05) is 19.6 Å². The molecule has 2 heterocycles. The van der Waals surface area contributed by atoms with Crippen LogP contribution in [0.5, 0.6) is 0 Å². The lowest BCUT2D eigenvalue weighted by molar-refractivity contribution is -0.137. The van der Waals surface area contributed by atoms with Crippen LogP contribution in [0.15, 0.2) is 30.3 Å². The van der Waals surface area contributed by atoms with Crippen LogP contribution in [0.4, 0.5) is 23.0 Å². The zero-order valence-corrected chi connectivity index (χ0v) is 14.5. The minimum Gasteiger partial charge on any atom is -0.477 e. The molecule has 9 heteroatoms. The Hall–Kier alpha value is -2.55. The summed E-state index contributed by atoms with van der Waals surface area (Å²) in [5.74, 6) is -1.04. The van der Waals surface area contributed by atoms with Gasteiger partial charge in [-0.2, -0.15) is 13.2 Å². The van der Waals surface area contributed by atoms with Crippen molar-refractivity contribution in [3.05, 3.63) is 51.9 Å². The average Bonchev–Trinajstić information content (AvgIpc) is 3.11. The van der Waals surface area contributed by atoms with Gasteiger partial charge >= 0.3 is 18.2 Å². The molecule has 2 aromatic rings. The van der Waals surface area contributed by atoms with E-state index < -0.39 is 17.7 Å². The average molecular weight is 384 g/mol. The number of hydrogen-bond acceptors (Lipinski definition) is 3. The van der Waals surface area contributed by atoms with Gasteiger partial charge in [0.05, 0.1) is 5.56 Å². The largest absolute Gasteiger partial charge is 0.477 e. The predicted octanol–water partition coefficient (Wildman–Crippen LogP) is 4.22. The third kappa shape index (κ3) is 3.52. The normalized spacial score (nSPS) is 15.0. The zero-order valence-electron chi connectivity index (χ0n) is 13.7. The van der Waals surface area contributed by atoms with E-state index in [2.05, 4.69) is 0 Å². The Morgan fingerprint density at radius 2 is 1.88 bits per heavy atom. The minimum atomic E-state index is -4.39. The van der Waals surface area contributed by atoms with Crippen molar-refractivity contribution in [1.82, 2.24) is 4.90 Å². The topological polar surface area (TPSA) is 60.9 Å². The highest BCUT2D eigenvalue weighted by Gasteiger charge is 2.32. The first-order valence-corrected chi connectivity index (χ1v) is 8.55. The number of aromatic carboxylic acids is 1. The number of carbonyl (C=O) groups is 2. The van der Waals surface area contributed by atoms with Crippen molar-refractivity contribution in [2.45, 2.75) is 19.6 Å². The van der Waals surface area contributed by atoms with Crippen LogP contribution >= 0.6 is 11.3 Å². The maximum atomic E-state index is 12.6. The highest BCUT2D eigenvalue weighted by Crippen LogP contribution is 2.33. The van der Waals surface area contributed by atoms with Crippen molar-refractivity contribution in [3.63, 3.8) is 0 Å². The molecule has 0 unspecified atom stereocenters. The number of benzene rings is 1. The Bertz CT molecular complexity index is 846. The van der Waals surface area contributed by atoms with E-state index >= 15 is 0 Å². The number of amides is 2. The maximum Gasteiger partial charge on any atom is 0.416 e. The molecule has 2 amide bonds. The summed E-state index contributed by atoms with van der Waals surface area (Å²) in [6, 6.07) is 6.08. The molecule has 138 valence electrons. The number of alkyl halides is 3. The first kappa shape index (κ1) is 18.2. The first-order chi connectivity index (χ1) is 12.2. The van der Waals surface area contributed by atoms with E-state index in [1.165, 1.54) is 21.9 Å². The number of urea groups is 1. The molecule has 0 radical (unpaired) electrons. The second-order valence-electron chi connectivity index (χ2n) is 5.95. The number of halogens is 3. The third-order valence-electron chi connectivity index (χ3n) is 4.11. The summed E-state index contributed by atoms with van der Waals surface area (Å²) in [5.41, 5.74) is 0.458. The summed E-state index contributed by atoms with van der Waals surface area (Å²) in [6.45, 7) is 2.69. The van der Waals surface area contributed by atoms with Gasteiger partial charge < -0.3 is 10.0 Å². The van der Waals surface area contributed by atoms with Gasteiger partial charge in [0.1, 0.15) is 9.88 Å². The first-order valence-electron chi connectivity index (χ1n) is 7.73. The number of carboxylic acid groups (broad SMARTS) is 1. The second kappa shape index (κ2) is 6.64. The van der Waals surface area contributed by atoms with Crippen molar-refractivity contribution < 1.29 is 27.9 Å². The summed E-state index contributed by atoms with van der Waals surface area (Å²) >= 11 is 1.04.